The Hall–Kier alpha value is -0.800. The molecule has 21 heavy (non-hydrogen) atoms. The highest BCUT2D eigenvalue weighted by molar-refractivity contribution is 7.71. The summed E-state index contributed by atoms with van der Waals surface area (Å²) in [7, 11) is 0. The Bertz CT molecular complexity index is 752. The van der Waals surface area contributed by atoms with Crippen molar-refractivity contribution in [3.63, 3.8) is 0 Å². The van der Waals surface area contributed by atoms with Gasteiger partial charge in [0.05, 0.1) is 16.1 Å². The first-order chi connectivity index (χ1) is 10.1. The van der Waals surface area contributed by atoms with Gasteiger partial charge in [0, 0.05) is 5.54 Å². The van der Waals surface area contributed by atoms with Gasteiger partial charge in [-0.2, -0.15) is 0 Å². The number of fused-ring (bicyclic) bond motifs is 1. The molecule has 6 rings (SSSR count). The lowest BCUT2D eigenvalue weighted by molar-refractivity contribution is -0.0416. The maximum Gasteiger partial charge on any atom is 0.178 e. The Labute approximate surface area is 134 Å². The number of benzene rings is 1. The van der Waals surface area contributed by atoms with E-state index in [1.165, 1.54) is 44.0 Å². The molecule has 4 fully saturated rings. The zero-order valence-electron chi connectivity index (χ0n) is 11.9. The van der Waals surface area contributed by atoms with E-state index in [4.69, 9.17) is 23.8 Å². The standard InChI is InChI=1S/C17H19ClN2S/c18-13-2-1-3-14-15(13)19-16(21)20(14)17-7-10-4-11(8-17)6-12(5-10)9-17/h1-3,10-12H,4-9H2,(H,19,21). The van der Waals surface area contributed by atoms with E-state index in [1.54, 1.807) is 0 Å². The van der Waals surface area contributed by atoms with Gasteiger partial charge in [-0.25, -0.2) is 0 Å². The minimum Gasteiger partial charge on any atom is -0.329 e. The zero-order chi connectivity index (χ0) is 14.2. The molecule has 4 aliphatic carbocycles. The molecule has 4 heteroatoms. The van der Waals surface area contributed by atoms with Crippen molar-refractivity contribution >= 4 is 34.9 Å². The maximum absolute atomic E-state index is 6.36. The minimum atomic E-state index is 0.259. The van der Waals surface area contributed by atoms with E-state index in [0.717, 1.165) is 33.1 Å². The summed E-state index contributed by atoms with van der Waals surface area (Å²) in [6.45, 7) is 0. The van der Waals surface area contributed by atoms with Crippen LogP contribution in [0, 0.1) is 22.5 Å². The van der Waals surface area contributed by atoms with E-state index in [0.29, 0.717) is 0 Å². The number of nitrogens with one attached hydrogen (secondary N) is 1. The van der Waals surface area contributed by atoms with E-state index in [9.17, 15) is 0 Å². The number of nitrogens with zero attached hydrogens (tertiary/aromatic N) is 1. The fraction of sp³-hybridized carbons (Fsp3) is 0.588. The van der Waals surface area contributed by atoms with Crippen molar-refractivity contribution in [1.29, 1.82) is 0 Å². The van der Waals surface area contributed by atoms with Crippen LogP contribution in [0.4, 0.5) is 0 Å². The van der Waals surface area contributed by atoms with Gasteiger partial charge in [0.15, 0.2) is 4.77 Å². The summed E-state index contributed by atoms with van der Waals surface area (Å²) in [6, 6.07) is 6.16. The third-order valence-corrected chi connectivity index (χ3v) is 6.75. The lowest BCUT2D eigenvalue weighted by Gasteiger charge is -2.57. The van der Waals surface area contributed by atoms with Gasteiger partial charge in [-0.1, -0.05) is 17.7 Å². The number of aromatic nitrogens is 2. The summed E-state index contributed by atoms with van der Waals surface area (Å²) in [5.74, 6) is 2.76. The highest BCUT2D eigenvalue weighted by Crippen LogP contribution is 2.59. The van der Waals surface area contributed by atoms with E-state index < -0.39 is 0 Å². The highest BCUT2D eigenvalue weighted by Gasteiger charge is 2.52. The van der Waals surface area contributed by atoms with Crippen molar-refractivity contribution in [3.05, 3.63) is 28.0 Å². The normalized spacial score (nSPS) is 37.5. The summed E-state index contributed by atoms with van der Waals surface area (Å²) in [6.07, 6.45) is 8.30. The summed E-state index contributed by atoms with van der Waals surface area (Å²) in [5.41, 5.74) is 2.48. The molecule has 0 spiro atoms. The molecule has 0 saturated heterocycles. The Balaban J connectivity index is 1.76. The fourth-order valence-corrected chi connectivity index (χ4v) is 6.52. The number of rotatable bonds is 1. The summed E-state index contributed by atoms with van der Waals surface area (Å²) in [5, 5.41) is 0.780. The van der Waals surface area contributed by atoms with Crippen molar-refractivity contribution < 1.29 is 0 Å². The SMILES string of the molecule is S=c1[nH]c2c(Cl)cccc2n1C12CC3CC(CC(C3)C1)C2. The Morgan fingerprint density at radius 2 is 1.71 bits per heavy atom. The predicted molar refractivity (Wildman–Crippen MR) is 88.3 cm³/mol. The second-order valence-corrected chi connectivity index (χ2v) is 8.34. The minimum absolute atomic E-state index is 0.259. The highest BCUT2D eigenvalue weighted by atomic mass is 35.5. The number of halogens is 1. The molecule has 0 unspecified atom stereocenters. The van der Waals surface area contributed by atoms with E-state index in [1.807, 2.05) is 12.1 Å². The topological polar surface area (TPSA) is 20.7 Å². The van der Waals surface area contributed by atoms with Gasteiger partial charge in [-0.3, -0.25) is 0 Å². The van der Waals surface area contributed by atoms with Crippen LogP contribution in [0.15, 0.2) is 18.2 Å². The molecule has 110 valence electrons. The number of hydrogen-bond acceptors (Lipinski definition) is 1. The molecule has 0 radical (unpaired) electrons. The van der Waals surface area contributed by atoms with Crippen molar-refractivity contribution in [2.24, 2.45) is 17.8 Å². The van der Waals surface area contributed by atoms with Crippen LogP contribution in [0.5, 0.6) is 0 Å². The molecule has 4 saturated carbocycles. The van der Waals surface area contributed by atoms with Gasteiger partial charge < -0.3 is 9.55 Å². The van der Waals surface area contributed by atoms with Crippen LogP contribution in [0.25, 0.3) is 11.0 Å². The van der Waals surface area contributed by atoms with Gasteiger partial charge in [0.25, 0.3) is 0 Å². The molecule has 2 aromatic rings. The summed E-state index contributed by atoms with van der Waals surface area (Å²) in [4.78, 5) is 3.37. The van der Waals surface area contributed by atoms with Crippen LogP contribution >= 0.6 is 23.8 Å². The molecule has 4 aliphatic rings. The maximum atomic E-state index is 6.36. The van der Waals surface area contributed by atoms with Crippen LogP contribution < -0.4 is 0 Å². The van der Waals surface area contributed by atoms with Gasteiger partial charge in [-0.15, -0.1) is 0 Å². The first-order valence-corrected chi connectivity index (χ1v) is 8.83. The Kier molecular flexibility index (Phi) is 2.51. The van der Waals surface area contributed by atoms with Crippen LogP contribution in [0.2, 0.25) is 5.02 Å². The average Bonchev–Trinajstić information content (AvgIpc) is 2.75. The molecule has 1 aromatic heterocycles. The Morgan fingerprint density at radius 1 is 1.10 bits per heavy atom. The molecule has 0 aliphatic heterocycles. The van der Waals surface area contributed by atoms with Crippen molar-refractivity contribution in [3.8, 4) is 0 Å². The van der Waals surface area contributed by atoms with E-state index >= 15 is 0 Å². The number of aromatic amines is 1. The number of para-hydroxylation sites is 1. The molecular formula is C17H19ClN2S. The molecule has 4 bridgehead atoms. The van der Waals surface area contributed by atoms with E-state index in [2.05, 4.69) is 15.6 Å². The number of imidazole rings is 1. The van der Waals surface area contributed by atoms with Crippen molar-refractivity contribution in [2.45, 2.75) is 44.1 Å². The third-order valence-electron chi connectivity index (χ3n) is 6.15. The summed E-state index contributed by atoms with van der Waals surface area (Å²) < 4.78 is 3.30. The molecular weight excluding hydrogens is 300 g/mol. The number of H-pyrrole nitrogens is 1. The molecule has 1 aromatic carbocycles. The lowest BCUT2D eigenvalue weighted by atomic mass is 9.53. The third kappa shape index (κ3) is 1.68. The lowest BCUT2D eigenvalue weighted by Crippen LogP contribution is -2.51. The van der Waals surface area contributed by atoms with E-state index in [-0.39, 0.29) is 5.54 Å². The van der Waals surface area contributed by atoms with Crippen LogP contribution in [-0.4, -0.2) is 9.55 Å². The van der Waals surface area contributed by atoms with Gasteiger partial charge >= 0.3 is 0 Å². The first kappa shape index (κ1) is 12.7. The number of hydrogen-bond donors (Lipinski definition) is 1. The monoisotopic (exact) mass is 318 g/mol. The van der Waals surface area contributed by atoms with Crippen molar-refractivity contribution in [2.75, 3.05) is 0 Å². The van der Waals surface area contributed by atoms with Crippen molar-refractivity contribution in [1.82, 2.24) is 9.55 Å². The smallest absolute Gasteiger partial charge is 0.178 e. The fourth-order valence-electron chi connectivity index (χ4n) is 5.90. The molecule has 0 atom stereocenters. The average molecular weight is 319 g/mol. The first-order valence-electron chi connectivity index (χ1n) is 8.04. The van der Waals surface area contributed by atoms with Crippen LogP contribution in [0.3, 0.4) is 0 Å². The van der Waals surface area contributed by atoms with Gasteiger partial charge in [0.2, 0.25) is 0 Å². The van der Waals surface area contributed by atoms with Crippen LogP contribution in [0.1, 0.15) is 38.5 Å². The summed E-state index contributed by atoms with van der Waals surface area (Å²) >= 11 is 12.1. The van der Waals surface area contributed by atoms with Crippen LogP contribution in [-0.2, 0) is 5.54 Å². The Morgan fingerprint density at radius 3 is 2.33 bits per heavy atom. The second-order valence-electron chi connectivity index (χ2n) is 7.54. The van der Waals surface area contributed by atoms with Gasteiger partial charge in [-0.05, 0) is 80.6 Å². The molecule has 2 nitrogen and oxygen atoms in total. The van der Waals surface area contributed by atoms with Gasteiger partial charge in [0.1, 0.15) is 0 Å². The quantitative estimate of drug-likeness (QED) is 0.710. The largest absolute Gasteiger partial charge is 0.329 e. The molecule has 1 heterocycles. The molecule has 1 N–H and O–H groups in total. The zero-order valence-corrected chi connectivity index (χ0v) is 13.5. The molecule has 0 amide bonds. The predicted octanol–water partition coefficient (Wildman–Crippen LogP) is 5.28. The second kappa shape index (κ2) is 4.14.